The highest BCUT2D eigenvalue weighted by Crippen LogP contribution is 2.31. The van der Waals surface area contributed by atoms with E-state index in [9.17, 15) is 13.2 Å². The average Bonchev–Trinajstić information content (AvgIpc) is 3.02. The van der Waals surface area contributed by atoms with E-state index in [1.165, 1.54) is 12.1 Å². The first-order valence-corrected chi connectivity index (χ1v) is 8.55. The maximum atomic E-state index is 12.7. The lowest BCUT2D eigenvalue weighted by molar-refractivity contribution is -0.137. The Morgan fingerprint density at radius 1 is 1.07 bits per heavy atom. The van der Waals surface area contributed by atoms with E-state index < -0.39 is 11.7 Å². The van der Waals surface area contributed by atoms with E-state index in [1.807, 2.05) is 48.1 Å². The summed E-state index contributed by atoms with van der Waals surface area (Å²) in [6.45, 7) is 3.32. The zero-order valence-corrected chi connectivity index (χ0v) is 14.8. The van der Waals surface area contributed by atoms with Crippen LogP contribution in [-0.2, 0) is 12.7 Å². The molecule has 4 nitrogen and oxygen atoms in total. The Balaban J connectivity index is 1.48. The number of alkyl halides is 3. The third-order valence-electron chi connectivity index (χ3n) is 4.05. The number of hydrogen-bond donors (Lipinski definition) is 1. The average molecular weight is 375 g/mol. The molecule has 0 aliphatic carbocycles. The van der Waals surface area contributed by atoms with Gasteiger partial charge in [0.25, 0.3) is 0 Å². The van der Waals surface area contributed by atoms with E-state index in [0.29, 0.717) is 13.1 Å². The molecule has 0 fully saturated rings. The fourth-order valence-electron chi connectivity index (χ4n) is 2.61. The Morgan fingerprint density at radius 2 is 1.85 bits per heavy atom. The number of nitrogens with zero attached hydrogens (tertiary/aromatic N) is 2. The summed E-state index contributed by atoms with van der Waals surface area (Å²) >= 11 is 0. The third-order valence-corrected chi connectivity index (χ3v) is 4.05. The number of hydrogen-bond acceptors (Lipinski definition) is 3. The van der Waals surface area contributed by atoms with E-state index in [-0.39, 0.29) is 12.4 Å². The summed E-state index contributed by atoms with van der Waals surface area (Å²) in [5.74, 6) is 0.208. The fourth-order valence-corrected chi connectivity index (χ4v) is 2.61. The minimum Gasteiger partial charge on any atom is -0.492 e. The van der Waals surface area contributed by atoms with Crippen LogP contribution in [0.1, 0.15) is 16.8 Å². The van der Waals surface area contributed by atoms with Crippen molar-refractivity contribution in [1.29, 1.82) is 0 Å². The monoisotopic (exact) mass is 375 g/mol. The van der Waals surface area contributed by atoms with E-state index in [4.69, 9.17) is 4.74 Å². The van der Waals surface area contributed by atoms with Gasteiger partial charge in [-0.1, -0.05) is 24.3 Å². The minimum absolute atomic E-state index is 0.208. The lowest BCUT2D eigenvalue weighted by Crippen LogP contribution is -2.20. The standard InChI is InChI=1S/C20H20F3N3O/c1-15-16(14-26(25-15)18-7-3-2-4-8-18)13-24-10-11-27-19-9-5-6-17(12-19)20(21,22)23/h2-9,12,14,24H,10-11,13H2,1H3. The summed E-state index contributed by atoms with van der Waals surface area (Å²) in [7, 11) is 0. The van der Waals surface area contributed by atoms with Gasteiger partial charge in [0.2, 0.25) is 0 Å². The predicted octanol–water partition coefficient (Wildman–Crippen LogP) is 4.37. The van der Waals surface area contributed by atoms with Gasteiger partial charge in [-0.25, -0.2) is 4.68 Å². The summed E-state index contributed by atoms with van der Waals surface area (Å²) in [5, 5.41) is 7.72. The van der Waals surface area contributed by atoms with Gasteiger partial charge in [-0.05, 0) is 37.3 Å². The zero-order chi connectivity index (χ0) is 19.3. The lowest BCUT2D eigenvalue weighted by Gasteiger charge is -2.10. The molecule has 0 spiro atoms. The van der Waals surface area contributed by atoms with Crippen LogP contribution in [0.3, 0.4) is 0 Å². The molecule has 0 amide bonds. The third kappa shape index (κ3) is 5.10. The summed E-state index contributed by atoms with van der Waals surface area (Å²) in [6, 6.07) is 14.7. The maximum Gasteiger partial charge on any atom is 0.416 e. The first kappa shape index (κ1) is 19.0. The Kier molecular flexibility index (Phi) is 5.81. The zero-order valence-electron chi connectivity index (χ0n) is 14.8. The van der Waals surface area contributed by atoms with E-state index in [2.05, 4.69) is 10.4 Å². The van der Waals surface area contributed by atoms with Crippen molar-refractivity contribution in [2.45, 2.75) is 19.6 Å². The number of ether oxygens (including phenoxy) is 1. The summed E-state index contributed by atoms with van der Waals surface area (Å²) in [5.41, 5.74) is 2.25. The Labute approximate surface area is 155 Å². The normalized spacial score (nSPS) is 11.6. The van der Waals surface area contributed by atoms with Crippen LogP contribution < -0.4 is 10.1 Å². The van der Waals surface area contributed by atoms with Gasteiger partial charge in [0, 0.05) is 24.8 Å². The number of nitrogens with one attached hydrogen (secondary N) is 1. The molecule has 0 unspecified atom stereocenters. The van der Waals surface area contributed by atoms with Crippen molar-refractivity contribution < 1.29 is 17.9 Å². The van der Waals surface area contributed by atoms with E-state index in [0.717, 1.165) is 29.1 Å². The van der Waals surface area contributed by atoms with Crippen LogP contribution in [0.4, 0.5) is 13.2 Å². The quantitative estimate of drug-likeness (QED) is 0.624. The molecule has 0 atom stereocenters. The molecule has 0 aliphatic heterocycles. The van der Waals surface area contributed by atoms with Gasteiger partial charge < -0.3 is 10.1 Å². The Morgan fingerprint density at radius 3 is 2.59 bits per heavy atom. The maximum absolute atomic E-state index is 12.7. The van der Waals surface area contributed by atoms with Crippen LogP contribution in [0.15, 0.2) is 60.8 Å². The molecule has 0 saturated heterocycles. The second kappa shape index (κ2) is 8.26. The van der Waals surface area contributed by atoms with Gasteiger partial charge in [-0.3, -0.25) is 0 Å². The van der Waals surface area contributed by atoms with Gasteiger partial charge in [0.15, 0.2) is 0 Å². The van der Waals surface area contributed by atoms with E-state index >= 15 is 0 Å². The SMILES string of the molecule is Cc1nn(-c2ccccc2)cc1CNCCOc1cccc(C(F)(F)F)c1. The molecule has 1 N–H and O–H groups in total. The van der Waals surface area contributed by atoms with Crippen molar-refractivity contribution in [2.24, 2.45) is 0 Å². The molecule has 27 heavy (non-hydrogen) atoms. The summed E-state index contributed by atoms with van der Waals surface area (Å²) < 4.78 is 45.3. The van der Waals surface area contributed by atoms with Gasteiger partial charge in [-0.2, -0.15) is 18.3 Å². The number of benzene rings is 2. The summed E-state index contributed by atoms with van der Waals surface area (Å²) in [6.07, 6.45) is -2.40. The minimum atomic E-state index is -4.37. The number of rotatable bonds is 7. The van der Waals surface area contributed by atoms with Crippen molar-refractivity contribution in [3.05, 3.63) is 77.6 Å². The predicted molar refractivity (Wildman–Crippen MR) is 96.9 cm³/mol. The molecule has 0 bridgehead atoms. The van der Waals surface area contributed by atoms with Gasteiger partial charge in [0.05, 0.1) is 16.9 Å². The van der Waals surface area contributed by atoms with Gasteiger partial charge >= 0.3 is 6.18 Å². The first-order valence-electron chi connectivity index (χ1n) is 8.55. The van der Waals surface area contributed by atoms with Crippen molar-refractivity contribution in [2.75, 3.05) is 13.2 Å². The number of aryl methyl sites for hydroxylation is 1. The molecule has 3 rings (SSSR count). The molecule has 3 aromatic rings. The van der Waals surface area contributed by atoms with Crippen molar-refractivity contribution in [1.82, 2.24) is 15.1 Å². The molecular weight excluding hydrogens is 355 g/mol. The van der Waals surface area contributed by atoms with Crippen LogP contribution in [0.5, 0.6) is 5.75 Å². The van der Waals surface area contributed by atoms with Crippen LogP contribution in [0.2, 0.25) is 0 Å². The largest absolute Gasteiger partial charge is 0.492 e. The summed E-state index contributed by atoms with van der Waals surface area (Å²) in [4.78, 5) is 0. The van der Waals surface area contributed by atoms with Crippen LogP contribution in [0.25, 0.3) is 5.69 Å². The van der Waals surface area contributed by atoms with Crippen molar-refractivity contribution >= 4 is 0 Å². The first-order chi connectivity index (χ1) is 12.9. The van der Waals surface area contributed by atoms with Crippen LogP contribution in [-0.4, -0.2) is 22.9 Å². The van der Waals surface area contributed by atoms with Gasteiger partial charge in [-0.15, -0.1) is 0 Å². The second-order valence-electron chi connectivity index (χ2n) is 6.07. The molecule has 7 heteroatoms. The molecule has 0 saturated carbocycles. The Bertz CT molecular complexity index is 876. The molecule has 142 valence electrons. The van der Waals surface area contributed by atoms with Gasteiger partial charge in [0.1, 0.15) is 12.4 Å². The highest BCUT2D eigenvalue weighted by Gasteiger charge is 2.30. The number of halogens is 3. The van der Waals surface area contributed by atoms with E-state index in [1.54, 1.807) is 0 Å². The highest BCUT2D eigenvalue weighted by atomic mass is 19.4. The molecule has 2 aromatic carbocycles. The Hall–Kier alpha value is -2.80. The number of aromatic nitrogens is 2. The topological polar surface area (TPSA) is 39.1 Å². The van der Waals surface area contributed by atoms with Crippen LogP contribution >= 0.6 is 0 Å². The second-order valence-corrected chi connectivity index (χ2v) is 6.07. The highest BCUT2D eigenvalue weighted by molar-refractivity contribution is 5.32. The molecule has 0 radical (unpaired) electrons. The number of para-hydroxylation sites is 1. The molecule has 1 heterocycles. The molecule has 1 aromatic heterocycles. The molecular formula is C20H20F3N3O. The lowest BCUT2D eigenvalue weighted by atomic mass is 10.2. The van der Waals surface area contributed by atoms with Crippen molar-refractivity contribution in [3.8, 4) is 11.4 Å². The molecule has 0 aliphatic rings. The van der Waals surface area contributed by atoms with Crippen molar-refractivity contribution in [3.63, 3.8) is 0 Å². The fraction of sp³-hybridized carbons (Fsp3) is 0.250. The van der Waals surface area contributed by atoms with Crippen LogP contribution in [0, 0.1) is 6.92 Å². The smallest absolute Gasteiger partial charge is 0.416 e.